The number of unbranched alkanes of at least 4 members (excludes halogenated alkanes) is 1. The van der Waals surface area contributed by atoms with Crippen LogP contribution in [0.3, 0.4) is 0 Å². The van der Waals surface area contributed by atoms with E-state index in [1.54, 1.807) is 41.2 Å². The molecule has 0 atom stereocenters. The number of para-hydroxylation sites is 2. The molecule has 0 saturated carbocycles. The van der Waals surface area contributed by atoms with Crippen molar-refractivity contribution in [3.8, 4) is 30.0 Å². The molecule has 12 heteroatoms. The van der Waals surface area contributed by atoms with Gasteiger partial charge in [-0.05, 0) is 38.5 Å². The van der Waals surface area contributed by atoms with Gasteiger partial charge in [-0.25, -0.2) is 0 Å². The minimum Gasteiger partial charge on any atom is -0.506 e. The van der Waals surface area contributed by atoms with Crippen LogP contribution < -0.4 is 9.64 Å². The lowest BCUT2D eigenvalue weighted by atomic mass is 9.83. The number of nitrogens with zero attached hydrogens (tertiary/aromatic N) is 7. The third-order valence-electron chi connectivity index (χ3n) is 6.90. The van der Waals surface area contributed by atoms with Gasteiger partial charge in [0.2, 0.25) is 17.4 Å². The predicted octanol–water partition coefficient (Wildman–Crippen LogP) is 4.75. The van der Waals surface area contributed by atoms with E-state index in [1.807, 2.05) is 49.9 Å². The summed E-state index contributed by atoms with van der Waals surface area (Å²) in [7, 11) is 0. The fourth-order valence-corrected chi connectivity index (χ4v) is 4.76. The van der Waals surface area contributed by atoms with E-state index in [4.69, 9.17) is 25.8 Å². The maximum Gasteiger partial charge on any atom is 0.230 e. The molecule has 3 aliphatic rings. The summed E-state index contributed by atoms with van der Waals surface area (Å²) >= 11 is 0. The molecule has 1 aromatic carbocycles. The van der Waals surface area contributed by atoms with Crippen LogP contribution in [0.1, 0.15) is 39.3 Å². The second-order valence-corrected chi connectivity index (χ2v) is 9.90. The summed E-state index contributed by atoms with van der Waals surface area (Å²) in [5, 5.41) is 59.4. The maximum absolute atomic E-state index is 12.0. The molecule has 2 heterocycles. The number of aryl methyl sites for hydroxylation is 1. The highest BCUT2D eigenvalue weighted by molar-refractivity contribution is 6.39. The van der Waals surface area contributed by atoms with Crippen LogP contribution in [0.5, 0.6) is 5.75 Å². The molecule has 0 saturated heterocycles. The van der Waals surface area contributed by atoms with E-state index in [1.165, 1.54) is 6.08 Å². The SMILES string of the molecule is CC(C)N1/C(=C/C2=C(O)C(=O)C2=C(C#N)C#N)Oc2ccccc21.CCCCn1nccc1C1=C(O)C(=C(C#N)C#N)C1=O. The summed E-state index contributed by atoms with van der Waals surface area (Å²) in [4.78, 5) is 25.7. The van der Waals surface area contributed by atoms with Crippen molar-refractivity contribution < 1.29 is 24.5 Å². The molecular weight excluding hydrogens is 562 g/mol. The van der Waals surface area contributed by atoms with Gasteiger partial charge in [-0.1, -0.05) is 25.5 Å². The van der Waals surface area contributed by atoms with Crippen LogP contribution in [-0.2, 0) is 16.1 Å². The molecule has 1 aromatic heterocycles. The van der Waals surface area contributed by atoms with Gasteiger partial charge in [0.25, 0.3) is 0 Å². The summed E-state index contributed by atoms with van der Waals surface area (Å²) in [6, 6.07) is 15.7. The smallest absolute Gasteiger partial charge is 0.230 e. The van der Waals surface area contributed by atoms with E-state index in [0.29, 0.717) is 23.9 Å². The Balaban J connectivity index is 0.000000204. The van der Waals surface area contributed by atoms with E-state index in [9.17, 15) is 19.8 Å². The number of nitriles is 4. The van der Waals surface area contributed by atoms with E-state index in [-0.39, 0.29) is 45.2 Å². The molecule has 2 N–H and O–H groups in total. The number of Topliss-reactive ketones (excluding diaryl/α,β-unsaturated/α-hetero) is 2. The van der Waals surface area contributed by atoms with Gasteiger partial charge in [-0.15, -0.1) is 0 Å². The number of carbonyl (C=O) groups is 2. The van der Waals surface area contributed by atoms with Crippen molar-refractivity contribution in [1.82, 2.24) is 9.78 Å². The topological polar surface area (TPSA) is 200 Å². The Hall–Kier alpha value is -6.37. The number of ketones is 2. The number of aromatic nitrogens is 2. The average Bonchev–Trinajstić information content (AvgIpc) is 3.64. The number of carbonyl (C=O) groups excluding carboxylic acids is 2. The number of aliphatic hydroxyl groups is 2. The van der Waals surface area contributed by atoms with Crippen LogP contribution >= 0.6 is 0 Å². The fraction of sp³-hybridized carbons (Fsp3) is 0.219. The van der Waals surface area contributed by atoms with E-state index in [0.717, 1.165) is 18.5 Å². The first-order chi connectivity index (χ1) is 21.1. The molecule has 2 aromatic rings. The number of anilines is 1. The quantitative estimate of drug-likeness (QED) is 0.349. The third-order valence-corrected chi connectivity index (χ3v) is 6.90. The lowest BCUT2D eigenvalue weighted by Crippen LogP contribution is -2.29. The Labute approximate surface area is 252 Å². The van der Waals surface area contributed by atoms with Crippen molar-refractivity contribution in [3.63, 3.8) is 0 Å². The first-order valence-corrected chi connectivity index (χ1v) is 13.5. The van der Waals surface area contributed by atoms with E-state index in [2.05, 4.69) is 5.10 Å². The van der Waals surface area contributed by atoms with E-state index >= 15 is 0 Å². The number of benzene rings is 1. The summed E-state index contributed by atoms with van der Waals surface area (Å²) in [6.07, 6.45) is 4.92. The van der Waals surface area contributed by atoms with Gasteiger partial charge in [0.05, 0.1) is 28.1 Å². The number of ether oxygens (including phenoxy) is 1. The Kier molecular flexibility index (Phi) is 8.79. The first-order valence-electron chi connectivity index (χ1n) is 13.5. The molecule has 0 radical (unpaired) electrons. The zero-order valence-electron chi connectivity index (χ0n) is 24.0. The molecule has 0 amide bonds. The Morgan fingerprint density at radius 3 is 2.18 bits per heavy atom. The Morgan fingerprint density at radius 2 is 1.59 bits per heavy atom. The van der Waals surface area contributed by atoms with Crippen molar-refractivity contribution >= 4 is 22.8 Å². The number of rotatable bonds is 6. The van der Waals surface area contributed by atoms with E-state index < -0.39 is 17.3 Å². The van der Waals surface area contributed by atoms with Gasteiger partial charge in [0.15, 0.2) is 11.5 Å². The molecule has 2 aliphatic carbocycles. The van der Waals surface area contributed by atoms with Crippen molar-refractivity contribution in [2.24, 2.45) is 0 Å². The lowest BCUT2D eigenvalue weighted by molar-refractivity contribution is -0.115. The molecular formula is C32H25N7O5. The number of fused-ring (bicyclic) bond motifs is 1. The van der Waals surface area contributed by atoms with Crippen LogP contribution in [0.4, 0.5) is 5.69 Å². The lowest BCUT2D eigenvalue weighted by Gasteiger charge is -2.25. The molecule has 218 valence electrons. The normalized spacial score (nSPS) is 15.7. The molecule has 0 unspecified atom stereocenters. The highest BCUT2D eigenvalue weighted by Gasteiger charge is 2.40. The molecule has 1 aliphatic heterocycles. The van der Waals surface area contributed by atoms with Gasteiger partial charge < -0.3 is 19.8 Å². The fourth-order valence-electron chi connectivity index (χ4n) is 4.76. The minimum atomic E-state index is -0.702. The van der Waals surface area contributed by atoms with Gasteiger partial charge in [0, 0.05) is 30.4 Å². The zero-order chi connectivity index (χ0) is 32.1. The maximum atomic E-state index is 12.0. The molecule has 0 spiro atoms. The number of hydrogen-bond donors (Lipinski definition) is 2. The predicted molar refractivity (Wildman–Crippen MR) is 156 cm³/mol. The largest absolute Gasteiger partial charge is 0.506 e. The van der Waals surface area contributed by atoms with Gasteiger partial charge >= 0.3 is 0 Å². The molecule has 0 fully saturated rings. The zero-order valence-corrected chi connectivity index (χ0v) is 24.0. The van der Waals surface area contributed by atoms with Crippen LogP contribution in [-0.4, -0.2) is 37.6 Å². The van der Waals surface area contributed by atoms with Gasteiger partial charge in [-0.2, -0.15) is 26.1 Å². The van der Waals surface area contributed by atoms with Crippen LogP contribution in [0, 0.1) is 45.3 Å². The first kappa shape index (κ1) is 30.6. The van der Waals surface area contributed by atoms with Crippen LogP contribution in [0.25, 0.3) is 5.57 Å². The second-order valence-electron chi connectivity index (χ2n) is 9.90. The molecule has 12 nitrogen and oxygen atoms in total. The number of hydrogen-bond acceptors (Lipinski definition) is 11. The summed E-state index contributed by atoms with van der Waals surface area (Å²) in [5.74, 6) is -0.872. The Bertz CT molecular complexity index is 1880. The highest BCUT2D eigenvalue weighted by atomic mass is 16.5. The van der Waals surface area contributed by atoms with Crippen molar-refractivity contribution in [1.29, 1.82) is 21.0 Å². The molecule has 44 heavy (non-hydrogen) atoms. The van der Waals surface area contributed by atoms with Crippen molar-refractivity contribution in [2.75, 3.05) is 4.90 Å². The van der Waals surface area contributed by atoms with Crippen LogP contribution in [0.15, 0.2) is 87.9 Å². The number of aliphatic hydroxyl groups excluding tert-OH is 2. The minimum absolute atomic E-state index is 0.0669. The molecule has 5 rings (SSSR count). The third kappa shape index (κ3) is 5.20. The van der Waals surface area contributed by atoms with Crippen molar-refractivity contribution in [2.45, 2.75) is 46.2 Å². The monoisotopic (exact) mass is 587 g/mol. The van der Waals surface area contributed by atoms with Gasteiger partial charge in [-0.3, -0.25) is 14.3 Å². The highest BCUT2D eigenvalue weighted by Crippen LogP contribution is 2.42. The summed E-state index contributed by atoms with van der Waals surface area (Å²) in [5.41, 5.74) is 0.688. The Morgan fingerprint density at radius 1 is 0.955 bits per heavy atom. The number of allylic oxidation sites excluding steroid dienone is 7. The standard InChI is InChI=1S/C18H13N3O3.C14H12N4O2/c1-10(2)21-13-5-3-4-6-14(13)24-15(21)7-12-16(11(8-19)9-20)18(23)17(12)22;1-2-3-6-18-10(4-5-17-18)12-13(19)11(14(12)20)9(7-15)8-16/h3-7,10,22H,1-2H3;4-5,19H,2-3,6H2,1H3/b15-7-;. The van der Waals surface area contributed by atoms with Gasteiger partial charge in [0.1, 0.15) is 41.2 Å². The second kappa shape index (κ2) is 12.7. The summed E-state index contributed by atoms with van der Waals surface area (Å²) < 4.78 is 7.45. The van der Waals surface area contributed by atoms with Crippen LogP contribution in [0.2, 0.25) is 0 Å². The van der Waals surface area contributed by atoms with Crippen molar-refractivity contribution in [3.05, 3.63) is 93.6 Å². The molecule has 0 bridgehead atoms. The summed E-state index contributed by atoms with van der Waals surface area (Å²) in [6.45, 7) is 6.64. The average molecular weight is 588 g/mol.